The van der Waals surface area contributed by atoms with Crippen molar-refractivity contribution in [2.24, 2.45) is 5.73 Å². The molecule has 1 nitrogen and oxygen atoms in total. The van der Waals surface area contributed by atoms with E-state index in [1.807, 2.05) is 13.0 Å². The highest BCUT2D eigenvalue weighted by Gasteiger charge is 2.28. The number of hydrogen-bond donors (Lipinski definition) is 1. The summed E-state index contributed by atoms with van der Waals surface area (Å²) in [6.07, 6.45) is 1.12. The van der Waals surface area contributed by atoms with Crippen molar-refractivity contribution < 1.29 is 4.39 Å². The summed E-state index contributed by atoms with van der Waals surface area (Å²) in [6.45, 7) is 1.95. The van der Waals surface area contributed by atoms with Gasteiger partial charge in [-0.1, -0.05) is 54.4 Å². The van der Waals surface area contributed by atoms with Crippen LogP contribution >= 0.6 is 23.2 Å². The monoisotopic (exact) mass is 311 g/mol. The highest BCUT2D eigenvalue weighted by Crippen LogP contribution is 2.31. The van der Waals surface area contributed by atoms with E-state index in [0.29, 0.717) is 28.5 Å². The van der Waals surface area contributed by atoms with Crippen molar-refractivity contribution in [3.8, 4) is 0 Å². The van der Waals surface area contributed by atoms with Crippen LogP contribution in [0.3, 0.4) is 0 Å². The van der Waals surface area contributed by atoms with Crippen LogP contribution in [0.15, 0.2) is 42.5 Å². The van der Waals surface area contributed by atoms with Gasteiger partial charge in [-0.15, -0.1) is 0 Å². The summed E-state index contributed by atoms with van der Waals surface area (Å²) < 4.78 is 14.0. The van der Waals surface area contributed by atoms with Crippen LogP contribution in [-0.4, -0.2) is 0 Å². The first-order valence-electron chi connectivity index (χ1n) is 6.44. The molecule has 0 bridgehead atoms. The fraction of sp³-hybridized carbons (Fsp3) is 0.250. The molecule has 2 N–H and O–H groups in total. The van der Waals surface area contributed by atoms with Gasteiger partial charge in [0.2, 0.25) is 0 Å². The molecule has 0 spiro atoms. The lowest BCUT2D eigenvalue weighted by Crippen LogP contribution is -2.39. The fourth-order valence-corrected chi connectivity index (χ4v) is 2.61. The number of benzene rings is 2. The zero-order valence-corrected chi connectivity index (χ0v) is 12.7. The molecule has 0 amide bonds. The Morgan fingerprint density at radius 3 is 2.40 bits per heavy atom. The molecule has 2 rings (SSSR count). The first-order valence-corrected chi connectivity index (χ1v) is 7.19. The van der Waals surface area contributed by atoms with Crippen molar-refractivity contribution in [1.82, 2.24) is 0 Å². The minimum atomic E-state index is -0.761. The molecule has 0 aliphatic carbocycles. The minimum Gasteiger partial charge on any atom is -0.321 e. The van der Waals surface area contributed by atoms with E-state index in [9.17, 15) is 4.39 Å². The fourth-order valence-electron chi connectivity index (χ4n) is 2.29. The lowest BCUT2D eigenvalue weighted by atomic mass is 9.82. The maximum atomic E-state index is 14.0. The Labute approximate surface area is 128 Å². The van der Waals surface area contributed by atoms with Gasteiger partial charge >= 0.3 is 0 Å². The van der Waals surface area contributed by atoms with Crippen LogP contribution in [-0.2, 0) is 12.0 Å². The van der Waals surface area contributed by atoms with E-state index in [1.165, 1.54) is 6.07 Å². The predicted molar refractivity (Wildman–Crippen MR) is 82.7 cm³/mol. The molecule has 0 aliphatic rings. The Morgan fingerprint density at radius 1 is 1.10 bits per heavy atom. The lowest BCUT2D eigenvalue weighted by Gasteiger charge is -2.29. The van der Waals surface area contributed by atoms with Crippen molar-refractivity contribution in [2.45, 2.75) is 25.3 Å². The van der Waals surface area contributed by atoms with Crippen molar-refractivity contribution in [2.75, 3.05) is 0 Å². The van der Waals surface area contributed by atoms with Gasteiger partial charge in [-0.3, -0.25) is 0 Å². The van der Waals surface area contributed by atoms with Crippen LogP contribution in [0.2, 0.25) is 10.0 Å². The zero-order chi connectivity index (χ0) is 14.8. The third-order valence-corrected chi connectivity index (χ3v) is 4.28. The van der Waals surface area contributed by atoms with Gasteiger partial charge in [0.05, 0.1) is 10.0 Å². The SMILES string of the molecule is CCC(N)(Cc1ccc(Cl)c(Cl)c1)c1ccccc1F. The van der Waals surface area contributed by atoms with Gasteiger partial charge in [0.25, 0.3) is 0 Å². The molecule has 0 saturated carbocycles. The molecular weight excluding hydrogens is 296 g/mol. The lowest BCUT2D eigenvalue weighted by molar-refractivity contribution is 0.403. The molecular formula is C16H16Cl2FN. The van der Waals surface area contributed by atoms with Crippen molar-refractivity contribution in [3.63, 3.8) is 0 Å². The van der Waals surface area contributed by atoms with Crippen LogP contribution in [0.1, 0.15) is 24.5 Å². The van der Waals surface area contributed by atoms with Crippen LogP contribution in [0.25, 0.3) is 0 Å². The highest BCUT2D eigenvalue weighted by atomic mass is 35.5. The maximum Gasteiger partial charge on any atom is 0.128 e. The molecule has 2 aromatic carbocycles. The molecule has 0 aromatic heterocycles. The Kier molecular flexibility index (Phi) is 4.69. The second-order valence-electron chi connectivity index (χ2n) is 4.91. The average molecular weight is 312 g/mol. The molecule has 0 fully saturated rings. The van der Waals surface area contributed by atoms with Gasteiger partial charge < -0.3 is 5.73 Å². The van der Waals surface area contributed by atoms with Gasteiger partial charge in [-0.25, -0.2) is 4.39 Å². The molecule has 0 aliphatic heterocycles. The topological polar surface area (TPSA) is 26.0 Å². The Hall–Kier alpha value is -1.09. The number of hydrogen-bond acceptors (Lipinski definition) is 1. The normalized spacial score (nSPS) is 14.1. The van der Waals surface area contributed by atoms with E-state index >= 15 is 0 Å². The average Bonchev–Trinajstić information content (AvgIpc) is 2.43. The van der Waals surface area contributed by atoms with E-state index in [1.54, 1.807) is 30.3 Å². The molecule has 1 atom stereocenters. The first kappa shape index (κ1) is 15.3. The summed E-state index contributed by atoms with van der Waals surface area (Å²) >= 11 is 11.9. The van der Waals surface area contributed by atoms with E-state index in [2.05, 4.69) is 0 Å². The summed E-state index contributed by atoms with van der Waals surface area (Å²) in [6, 6.07) is 12.0. The predicted octanol–water partition coefficient (Wildman–Crippen LogP) is 4.94. The highest BCUT2D eigenvalue weighted by molar-refractivity contribution is 6.42. The quantitative estimate of drug-likeness (QED) is 0.850. The van der Waals surface area contributed by atoms with Crippen molar-refractivity contribution in [3.05, 3.63) is 69.5 Å². The standard InChI is InChI=1S/C16H16Cl2FN/c1-2-16(20,12-5-3-4-6-15(12)19)10-11-7-8-13(17)14(18)9-11/h3-9H,2,10,20H2,1H3. The summed E-state index contributed by atoms with van der Waals surface area (Å²) in [5.74, 6) is -0.281. The van der Waals surface area contributed by atoms with Crippen LogP contribution in [0.4, 0.5) is 4.39 Å². The molecule has 106 valence electrons. The molecule has 2 aromatic rings. The van der Waals surface area contributed by atoms with Crippen LogP contribution in [0.5, 0.6) is 0 Å². The van der Waals surface area contributed by atoms with Crippen LogP contribution < -0.4 is 5.73 Å². The van der Waals surface area contributed by atoms with Crippen molar-refractivity contribution >= 4 is 23.2 Å². The first-order chi connectivity index (χ1) is 9.46. The van der Waals surface area contributed by atoms with Gasteiger partial charge in [0.15, 0.2) is 0 Å². The van der Waals surface area contributed by atoms with Gasteiger partial charge in [0.1, 0.15) is 5.82 Å². The maximum absolute atomic E-state index is 14.0. The minimum absolute atomic E-state index is 0.281. The third-order valence-electron chi connectivity index (χ3n) is 3.54. The molecule has 0 heterocycles. The van der Waals surface area contributed by atoms with E-state index in [-0.39, 0.29) is 5.82 Å². The zero-order valence-electron chi connectivity index (χ0n) is 11.2. The van der Waals surface area contributed by atoms with Gasteiger partial charge in [-0.05, 0) is 36.6 Å². The summed E-state index contributed by atoms with van der Waals surface area (Å²) in [7, 11) is 0. The largest absolute Gasteiger partial charge is 0.321 e. The van der Waals surface area contributed by atoms with E-state index < -0.39 is 5.54 Å². The number of rotatable bonds is 4. The second-order valence-corrected chi connectivity index (χ2v) is 5.73. The summed E-state index contributed by atoms with van der Waals surface area (Å²) in [5, 5.41) is 0.983. The van der Waals surface area contributed by atoms with E-state index in [4.69, 9.17) is 28.9 Å². The smallest absolute Gasteiger partial charge is 0.128 e. The Morgan fingerprint density at radius 2 is 1.80 bits per heavy atom. The Balaban J connectivity index is 2.36. The Bertz CT molecular complexity index is 615. The molecule has 0 radical (unpaired) electrons. The molecule has 1 unspecified atom stereocenters. The number of halogens is 3. The number of nitrogens with two attached hydrogens (primary N) is 1. The molecule has 0 saturated heterocycles. The summed E-state index contributed by atoms with van der Waals surface area (Å²) in [4.78, 5) is 0. The molecule has 20 heavy (non-hydrogen) atoms. The second kappa shape index (κ2) is 6.13. The summed E-state index contributed by atoms with van der Waals surface area (Å²) in [5.41, 5.74) is 7.12. The van der Waals surface area contributed by atoms with Crippen molar-refractivity contribution in [1.29, 1.82) is 0 Å². The van der Waals surface area contributed by atoms with E-state index in [0.717, 1.165) is 5.56 Å². The third kappa shape index (κ3) is 3.14. The molecule has 4 heteroatoms. The van der Waals surface area contributed by atoms with Crippen LogP contribution in [0, 0.1) is 5.82 Å². The van der Waals surface area contributed by atoms with Gasteiger partial charge in [0, 0.05) is 11.1 Å². The van der Waals surface area contributed by atoms with Gasteiger partial charge in [-0.2, -0.15) is 0 Å².